The van der Waals surface area contributed by atoms with Gasteiger partial charge in [-0.2, -0.15) is 5.10 Å². The van der Waals surface area contributed by atoms with Crippen LogP contribution in [0.3, 0.4) is 0 Å². The molecule has 0 aromatic heterocycles. The van der Waals surface area contributed by atoms with Crippen LogP contribution in [0.5, 0.6) is 0 Å². The predicted octanol–water partition coefficient (Wildman–Crippen LogP) is 0.369. The molecule has 0 fully saturated rings. The first-order valence-electron chi connectivity index (χ1n) is 4.35. The van der Waals surface area contributed by atoms with Crippen LogP contribution < -0.4 is 5.84 Å². The fraction of sp³-hybridized carbons (Fsp3) is 0.222. The van der Waals surface area contributed by atoms with Crippen molar-refractivity contribution in [2.75, 3.05) is 14.1 Å². The van der Waals surface area contributed by atoms with Crippen molar-refractivity contribution in [2.45, 2.75) is 4.90 Å². The van der Waals surface area contributed by atoms with Gasteiger partial charge >= 0.3 is 0 Å². The van der Waals surface area contributed by atoms with Crippen LogP contribution in [0.25, 0.3) is 0 Å². The monoisotopic (exact) mass is 245 g/mol. The molecule has 0 amide bonds. The van der Waals surface area contributed by atoms with Gasteiger partial charge in [-0.15, -0.1) is 0 Å². The van der Waals surface area contributed by atoms with E-state index in [2.05, 4.69) is 5.10 Å². The molecule has 0 unspecified atom stereocenters. The summed E-state index contributed by atoms with van der Waals surface area (Å²) in [5, 5.41) is 3.25. The minimum absolute atomic E-state index is 0.394. The normalized spacial score (nSPS) is 12.5. The van der Waals surface area contributed by atoms with Gasteiger partial charge in [-0.3, -0.25) is 0 Å². The fourth-order valence-electron chi connectivity index (χ4n) is 1.08. The number of rotatable bonds is 3. The van der Waals surface area contributed by atoms with Crippen molar-refractivity contribution in [1.82, 2.24) is 4.31 Å². The van der Waals surface area contributed by atoms with Gasteiger partial charge in [0.05, 0.1) is 6.21 Å². The first-order valence-corrected chi connectivity index (χ1v) is 5.79. The van der Waals surface area contributed by atoms with Crippen LogP contribution in [0.15, 0.2) is 28.2 Å². The van der Waals surface area contributed by atoms with Gasteiger partial charge in [-0.1, -0.05) is 6.07 Å². The van der Waals surface area contributed by atoms with Crippen LogP contribution in [0.2, 0.25) is 0 Å². The van der Waals surface area contributed by atoms with Crippen molar-refractivity contribution in [2.24, 2.45) is 10.9 Å². The zero-order valence-electron chi connectivity index (χ0n) is 8.88. The van der Waals surface area contributed by atoms with Crippen LogP contribution in [0.1, 0.15) is 5.56 Å². The third-order valence-electron chi connectivity index (χ3n) is 1.94. The number of hydrazone groups is 1. The largest absolute Gasteiger partial charge is 0.323 e. The Bertz CT molecular complexity index is 511. The smallest absolute Gasteiger partial charge is 0.245 e. The molecule has 0 aliphatic carbocycles. The molecule has 2 N–H and O–H groups in total. The van der Waals surface area contributed by atoms with Gasteiger partial charge in [0.25, 0.3) is 0 Å². The summed E-state index contributed by atoms with van der Waals surface area (Å²) >= 11 is 0. The molecule has 0 heterocycles. The van der Waals surface area contributed by atoms with Gasteiger partial charge in [-0.25, -0.2) is 17.1 Å². The lowest BCUT2D eigenvalue weighted by Crippen LogP contribution is -2.23. The Balaban J connectivity index is 3.39. The highest BCUT2D eigenvalue weighted by Crippen LogP contribution is 2.18. The SMILES string of the molecule is CN(C)S(=O)(=O)c1cc(C=NN)ccc1F. The van der Waals surface area contributed by atoms with Crippen LogP contribution in [-0.2, 0) is 10.0 Å². The molecule has 0 atom stereocenters. The molecular formula is C9H12FN3O2S. The zero-order valence-corrected chi connectivity index (χ0v) is 9.70. The van der Waals surface area contributed by atoms with E-state index in [-0.39, 0.29) is 0 Å². The summed E-state index contributed by atoms with van der Waals surface area (Å²) in [6.07, 6.45) is 1.24. The Labute approximate surface area is 93.4 Å². The van der Waals surface area contributed by atoms with Crippen molar-refractivity contribution >= 4 is 16.2 Å². The summed E-state index contributed by atoms with van der Waals surface area (Å²) in [5.41, 5.74) is 0.421. The van der Waals surface area contributed by atoms with E-state index in [1.807, 2.05) is 0 Å². The molecule has 16 heavy (non-hydrogen) atoms. The topological polar surface area (TPSA) is 75.8 Å². The van der Waals surface area contributed by atoms with Crippen molar-refractivity contribution < 1.29 is 12.8 Å². The minimum Gasteiger partial charge on any atom is -0.323 e. The lowest BCUT2D eigenvalue weighted by atomic mass is 10.2. The molecule has 0 bridgehead atoms. The lowest BCUT2D eigenvalue weighted by Gasteiger charge is -2.12. The second-order valence-electron chi connectivity index (χ2n) is 3.26. The van der Waals surface area contributed by atoms with Crippen LogP contribution in [0.4, 0.5) is 4.39 Å². The van der Waals surface area contributed by atoms with E-state index < -0.39 is 20.7 Å². The Morgan fingerprint density at radius 3 is 2.56 bits per heavy atom. The van der Waals surface area contributed by atoms with Crippen LogP contribution >= 0.6 is 0 Å². The van der Waals surface area contributed by atoms with Gasteiger partial charge in [0.1, 0.15) is 10.7 Å². The van der Waals surface area contributed by atoms with Crippen molar-refractivity contribution in [1.29, 1.82) is 0 Å². The number of nitrogens with zero attached hydrogens (tertiary/aromatic N) is 2. The lowest BCUT2D eigenvalue weighted by molar-refractivity contribution is 0.508. The number of hydrogen-bond donors (Lipinski definition) is 1. The van der Waals surface area contributed by atoms with Gasteiger partial charge in [0, 0.05) is 14.1 Å². The van der Waals surface area contributed by atoms with Gasteiger partial charge in [0.2, 0.25) is 10.0 Å². The number of halogens is 1. The fourth-order valence-corrected chi connectivity index (χ4v) is 2.07. The molecule has 1 aromatic rings. The first-order chi connectivity index (χ1) is 7.39. The van der Waals surface area contributed by atoms with Gasteiger partial charge < -0.3 is 5.84 Å². The number of nitrogens with two attached hydrogens (primary N) is 1. The molecule has 0 aliphatic rings. The maximum atomic E-state index is 13.4. The maximum absolute atomic E-state index is 13.4. The Hall–Kier alpha value is -1.47. The molecule has 0 saturated heterocycles. The zero-order chi connectivity index (χ0) is 12.3. The van der Waals surface area contributed by atoms with E-state index in [0.29, 0.717) is 5.56 Å². The third-order valence-corrected chi connectivity index (χ3v) is 3.77. The van der Waals surface area contributed by atoms with Crippen LogP contribution in [0, 0.1) is 5.82 Å². The summed E-state index contributed by atoms with van der Waals surface area (Å²) in [6.45, 7) is 0. The number of hydrogen-bond acceptors (Lipinski definition) is 4. The predicted molar refractivity (Wildman–Crippen MR) is 59.1 cm³/mol. The van der Waals surface area contributed by atoms with Gasteiger partial charge in [0.15, 0.2) is 0 Å². The Morgan fingerprint density at radius 2 is 2.06 bits per heavy atom. The van der Waals surface area contributed by atoms with Crippen LogP contribution in [-0.4, -0.2) is 33.0 Å². The second-order valence-corrected chi connectivity index (χ2v) is 5.38. The summed E-state index contributed by atoms with van der Waals surface area (Å²) < 4.78 is 37.8. The quantitative estimate of drug-likeness (QED) is 0.475. The van der Waals surface area contributed by atoms with E-state index in [9.17, 15) is 12.8 Å². The molecule has 0 saturated carbocycles. The molecule has 0 spiro atoms. The molecule has 0 aliphatic heterocycles. The summed E-state index contributed by atoms with van der Waals surface area (Å²) in [4.78, 5) is -0.394. The summed E-state index contributed by atoms with van der Waals surface area (Å²) in [6, 6.07) is 3.63. The first kappa shape index (κ1) is 12.6. The van der Waals surface area contributed by atoms with Crippen molar-refractivity contribution in [3.63, 3.8) is 0 Å². The maximum Gasteiger partial charge on any atom is 0.245 e. The molecule has 88 valence electrons. The van der Waals surface area contributed by atoms with E-state index in [4.69, 9.17) is 5.84 Å². The highest BCUT2D eigenvalue weighted by Gasteiger charge is 2.21. The van der Waals surface area contributed by atoms with E-state index >= 15 is 0 Å². The molecule has 7 heteroatoms. The third kappa shape index (κ3) is 2.37. The number of sulfonamides is 1. The minimum atomic E-state index is -3.79. The average Bonchev–Trinajstić information content (AvgIpc) is 2.20. The van der Waals surface area contributed by atoms with Gasteiger partial charge in [-0.05, 0) is 17.7 Å². The summed E-state index contributed by atoms with van der Waals surface area (Å²) in [7, 11) is -1.13. The van der Waals surface area contributed by atoms with E-state index in [1.54, 1.807) is 0 Å². The summed E-state index contributed by atoms with van der Waals surface area (Å²) in [5.74, 6) is 4.13. The standard InChI is InChI=1S/C9H12FN3O2S/c1-13(2)16(14,15)9-5-7(6-12-11)3-4-8(9)10/h3-6H,11H2,1-2H3. The highest BCUT2D eigenvalue weighted by atomic mass is 32.2. The van der Waals surface area contributed by atoms with E-state index in [1.165, 1.54) is 32.4 Å². The highest BCUT2D eigenvalue weighted by molar-refractivity contribution is 7.89. The molecular weight excluding hydrogens is 233 g/mol. The molecule has 1 aromatic carbocycles. The van der Waals surface area contributed by atoms with Crippen molar-refractivity contribution in [3.8, 4) is 0 Å². The second kappa shape index (κ2) is 4.58. The Morgan fingerprint density at radius 1 is 1.44 bits per heavy atom. The van der Waals surface area contributed by atoms with Crippen molar-refractivity contribution in [3.05, 3.63) is 29.6 Å². The molecule has 5 nitrogen and oxygen atoms in total. The average molecular weight is 245 g/mol. The number of benzene rings is 1. The van der Waals surface area contributed by atoms with E-state index in [0.717, 1.165) is 10.4 Å². The molecule has 0 radical (unpaired) electrons. The Kier molecular flexibility index (Phi) is 3.61. The molecule has 1 rings (SSSR count).